The summed E-state index contributed by atoms with van der Waals surface area (Å²) in [6, 6.07) is 24.3. The van der Waals surface area contributed by atoms with E-state index in [0.29, 0.717) is 36.1 Å². The molecule has 3 N–H and O–H groups in total. The van der Waals surface area contributed by atoms with Crippen molar-refractivity contribution in [1.82, 2.24) is 10.2 Å². The Morgan fingerprint density at radius 1 is 0.886 bits per heavy atom. The standard InChI is InChI=1S/C25H24N4O5S/c1-2-33-21-14-10-20(11-15-21)29-35(31,32)24-16-23(27-28-24)25(30)26-19-8-12-22(13-9-19)34-17-18-6-4-3-5-7-18/h3-16,29H,2,17H2,1H3,(H,26,30)(H,27,28). The summed E-state index contributed by atoms with van der Waals surface area (Å²) in [5.41, 5.74) is 1.85. The van der Waals surface area contributed by atoms with Crippen LogP contribution >= 0.6 is 0 Å². The predicted octanol–water partition coefficient (Wildman–Crippen LogP) is 4.44. The molecule has 1 heterocycles. The van der Waals surface area contributed by atoms with E-state index in [4.69, 9.17) is 9.47 Å². The Kier molecular flexibility index (Phi) is 7.32. The van der Waals surface area contributed by atoms with E-state index in [1.165, 1.54) is 6.07 Å². The normalized spacial score (nSPS) is 11.0. The van der Waals surface area contributed by atoms with Crippen LogP contribution in [0.15, 0.2) is 90.0 Å². The molecule has 0 spiro atoms. The van der Waals surface area contributed by atoms with Crippen molar-refractivity contribution in [3.63, 3.8) is 0 Å². The van der Waals surface area contributed by atoms with Crippen LogP contribution in [0, 0.1) is 0 Å². The minimum atomic E-state index is -3.96. The van der Waals surface area contributed by atoms with Gasteiger partial charge in [0, 0.05) is 17.4 Å². The highest BCUT2D eigenvalue weighted by molar-refractivity contribution is 7.92. The smallest absolute Gasteiger partial charge is 0.278 e. The van der Waals surface area contributed by atoms with Gasteiger partial charge in [-0.25, -0.2) is 0 Å². The SMILES string of the molecule is CCOc1ccc(NS(=O)(=O)c2cc(C(=O)Nc3ccc(OCc4ccccc4)cc3)n[nH]2)cc1. The Hall–Kier alpha value is -4.31. The molecule has 1 amide bonds. The molecule has 4 aromatic rings. The molecular weight excluding hydrogens is 468 g/mol. The molecule has 10 heteroatoms. The molecule has 0 saturated heterocycles. The van der Waals surface area contributed by atoms with Gasteiger partial charge < -0.3 is 14.8 Å². The topological polar surface area (TPSA) is 122 Å². The Balaban J connectivity index is 1.35. The first-order valence-corrected chi connectivity index (χ1v) is 12.3. The van der Waals surface area contributed by atoms with Gasteiger partial charge in [0.2, 0.25) is 0 Å². The first-order valence-electron chi connectivity index (χ1n) is 10.8. The van der Waals surface area contributed by atoms with E-state index in [0.717, 1.165) is 5.56 Å². The number of benzene rings is 3. The lowest BCUT2D eigenvalue weighted by Gasteiger charge is -2.08. The Morgan fingerprint density at radius 3 is 2.17 bits per heavy atom. The van der Waals surface area contributed by atoms with Gasteiger partial charge >= 0.3 is 0 Å². The van der Waals surface area contributed by atoms with Crippen LogP contribution in [0.25, 0.3) is 0 Å². The number of amides is 1. The van der Waals surface area contributed by atoms with Crippen molar-refractivity contribution < 1.29 is 22.7 Å². The van der Waals surface area contributed by atoms with E-state index in [1.807, 2.05) is 37.3 Å². The third-order valence-corrected chi connectivity index (χ3v) is 6.15. The van der Waals surface area contributed by atoms with E-state index in [2.05, 4.69) is 20.2 Å². The molecule has 35 heavy (non-hydrogen) atoms. The minimum absolute atomic E-state index is 0.0681. The number of carbonyl (C=O) groups is 1. The zero-order valence-corrected chi connectivity index (χ0v) is 19.7. The fourth-order valence-electron chi connectivity index (χ4n) is 3.12. The summed E-state index contributed by atoms with van der Waals surface area (Å²) in [4.78, 5) is 12.6. The van der Waals surface area contributed by atoms with Crippen molar-refractivity contribution in [2.45, 2.75) is 18.6 Å². The van der Waals surface area contributed by atoms with E-state index >= 15 is 0 Å². The van der Waals surface area contributed by atoms with Crippen molar-refractivity contribution in [3.05, 3.63) is 96.2 Å². The van der Waals surface area contributed by atoms with Crippen molar-refractivity contribution in [2.75, 3.05) is 16.6 Å². The van der Waals surface area contributed by atoms with Gasteiger partial charge in [0.1, 0.15) is 18.1 Å². The number of hydrogen-bond donors (Lipinski definition) is 3. The zero-order valence-electron chi connectivity index (χ0n) is 18.9. The molecular formula is C25H24N4O5S. The summed E-state index contributed by atoms with van der Waals surface area (Å²) in [6.45, 7) is 2.80. The van der Waals surface area contributed by atoms with Crippen molar-refractivity contribution >= 4 is 27.3 Å². The second-order valence-electron chi connectivity index (χ2n) is 7.43. The number of aromatic amines is 1. The third-order valence-electron chi connectivity index (χ3n) is 4.85. The van der Waals surface area contributed by atoms with Crippen molar-refractivity contribution in [2.24, 2.45) is 0 Å². The number of nitrogens with zero attached hydrogens (tertiary/aromatic N) is 1. The lowest BCUT2D eigenvalue weighted by Crippen LogP contribution is -2.14. The molecule has 9 nitrogen and oxygen atoms in total. The minimum Gasteiger partial charge on any atom is -0.494 e. The quantitative estimate of drug-likeness (QED) is 0.301. The number of aromatic nitrogens is 2. The largest absolute Gasteiger partial charge is 0.494 e. The molecule has 4 rings (SSSR count). The van der Waals surface area contributed by atoms with E-state index in [9.17, 15) is 13.2 Å². The summed E-state index contributed by atoms with van der Waals surface area (Å²) in [5, 5.41) is 8.69. The molecule has 0 unspecified atom stereocenters. The summed E-state index contributed by atoms with van der Waals surface area (Å²) in [6.07, 6.45) is 0. The molecule has 0 aliphatic heterocycles. The molecule has 0 radical (unpaired) electrons. The van der Waals surface area contributed by atoms with Gasteiger partial charge in [0.15, 0.2) is 10.7 Å². The van der Waals surface area contributed by atoms with Gasteiger partial charge in [0.05, 0.1) is 6.61 Å². The number of ether oxygens (including phenoxy) is 2. The fraction of sp³-hybridized carbons (Fsp3) is 0.120. The number of sulfonamides is 1. The highest BCUT2D eigenvalue weighted by Crippen LogP contribution is 2.20. The van der Waals surface area contributed by atoms with Crippen LogP contribution < -0.4 is 19.5 Å². The van der Waals surface area contributed by atoms with Gasteiger partial charge in [-0.05, 0) is 61.0 Å². The second kappa shape index (κ2) is 10.7. The molecule has 0 bridgehead atoms. The second-order valence-corrected chi connectivity index (χ2v) is 9.08. The van der Waals surface area contributed by atoms with Crippen LogP contribution in [0.3, 0.4) is 0 Å². The Morgan fingerprint density at radius 2 is 1.51 bits per heavy atom. The first-order chi connectivity index (χ1) is 16.9. The van der Waals surface area contributed by atoms with Crippen LogP contribution in [0.1, 0.15) is 23.0 Å². The summed E-state index contributed by atoms with van der Waals surface area (Å²) in [7, 11) is -3.96. The monoisotopic (exact) mass is 492 g/mol. The lowest BCUT2D eigenvalue weighted by atomic mass is 10.2. The maximum absolute atomic E-state index is 12.6. The Labute approximate surface area is 203 Å². The van der Waals surface area contributed by atoms with E-state index < -0.39 is 15.9 Å². The van der Waals surface area contributed by atoms with Crippen LogP contribution in [0.2, 0.25) is 0 Å². The molecule has 0 aliphatic rings. The molecule has 1 aromatic heterocycles. The maximum Gasteiger partial charge on any atom is 0.278 e. The lowest BCUT2D eigenvalue weighted by molar-refractivity contribution is 0.102. The van der Waals surface area contributed by atoms with Gasteiger partial charge in [-0.2, -0.15) is 13.5 Å². The van der Waals surface area contributed by atoms with Crippen LogP contribution in [0.5, 0.6) is 11.5 Å². The molecule has 3 aromatic carbocycles. The van der Waals surface area contributed by atoms with Gasteiger partial charge in [-0.15, -0.1) is 0 Å². The number of anilines is 2. The van der Waals surface area contributed by atoms with Crippen LogP contribution in [0.4, 0.5) is 11.4 Å². The summed E-state index contributed by atoms with van der Waals surface area (Å²) >= 11 is 0. The van der Waals surface area contributed by atoms with E-state index in [1.54, 1.807) is 48.5 Å². The van der Waals surface area contributed by atoms with Crippen LogP contribution in [-0.2, 0) is 16.6 Å². The molecule has 0 aliphatic carbocycles. The summed E-state index contributed by atoms with van der Waals surface area (Å²) in [5.74, 6) is 0.730. The van der Waals surface area contributed by atoms with Crippen molar-refractivity contribution in [1.29, 1.82) is 0 Å². The highest BCUT2D eigenvalue weighted by Gasteiger charge is 2.20. The molecule has 0 saturated carbocycles. The molecule has 0 atom stereocenters. The number of carbonyl (C=O) groups excluding carboxylic acids is 1. The third kappa shape index (κ3) is 6.39. The van der Waals surface area contributed by atoms with Gasteiger partial charge in [-0.1, -0.05) is 30.3 Å². The number of hydrogen-bond acceptors (Lipinski definition) is 6. The van der Waals surface area contributed by atoms with E-state index in [-0.39, 0.29) is 10.7 Å². The number of H-pyrrole nitrogens is 1. The average Bonchev–Trinajstić information content (AvgIpc) is 3.37. The maximum atomic E-state index is 12.6. The zero-order chi connectivity index (χ0) is 24.7. The summed E-state index contributed by atoms with van der Waals surface area (Å²) < 4.78 is 38.8. The number of rotatable bonds is 10. The van der Waals surface area contributed by atoms with Gasteiger partial charge in [-0.3, -0.25) is 14.6 Å². The number of nitrogens with one attached hydrogen (secondary N) is 3. The van der Waals surface area contributed by atoms with Crippen LogP contribution in [-0.4, -0.2) is 31.1 Å². The highest BCUT2D eigenvalue weighted by atomic mass is 32.2. The molecule has 0 fully saturated rings. The fourth-order valence-corrected chi connectivity index (χ4v) is 4.11. The average molecular weight is 493 g/mol. The molecule has 180 valence electrons. The van der Waals surface area contributed by atoms with Crippen molar-refractivity contribution in [3.8, 4) is 11.5 Å². The first kappa shape index (κ1) is 23.8. The van der Waals surface area contributed by atoms with Gasteiger partial charge in [0.25, 0.3) is 15.9 Å². The predicted molar refractivity (Wildman–Crippen MR) is 132 cm³/mol. The Bertz CT molecular complexity index is 1370.